The molecule has 2 N–H and O–H groups in total. The van der Waals surface area contributed by atoms with Gasteiger partial charge in [-0.15, -0.1) is 0 Å². The van der Waals surface area contributed by atoms with Crippen LogP contribution in [0.15, 0.2) is 42.6 Å². The number of hydrogen-bond donors (Lipinski definition) is 2. The number of hydrogen-bond acceptors (Lipinski definition) is 4. The molecule has 2 aliphatic rings. The highest BCUT2D eigenvalue weighted by atomic mass is 19.4. The predicted molar refractivity (Wildman–Crippen MR) is 140 cm³/mol. The number of carboxylic acids is 1. The van der Waals surface area contributed by atoms with Crippen molar-refractivity contribution in [2.45, 2.75) is 65.1 Å². The lowest BCUT2D eigenvalue weighted by Crippen LogP contribution is -2.40. The van der Waals surface area contributed by atoms with Gasteiger partial charge in [0.15, 0.2) is 0 Å². The number of benzene rings is 1. The predicted octanol–water partition coefficient (Wildman–Crippen LogP) is 5.63. The Morgan fingerprint density at radius 1 is 1.00 bits per heavy atom. The lowest BCUT2D eigenvalue weighted by molar-refractivity contribution is -0.192. The summed E-state index contributed by atoms with van der Waals surface area (Å²) in [5.41, 5.74) is 3.13. The molecule has 1 aromatic heterocycles. The minimum absolute atomic E-state index is 0.0801. The van der Waals surface area contributed by atoms with Crippen LogP contribution in [-0.4, -0.2) is 52.0 Å². The van der Waals surface area contributed by atoms with Crippen LogP contribution < -0.4 is 5.32 Å². The number of aromatic nitrogens is 1. The van der Waals surface area contributed by atoms with Crippen LogP contribution in [0.5, 0.6) is 0 Å². The van der Waals surface area contributed by atoms with E-state index in [-0.39, 0.29) is 11.8 Å². The van der Waals surface area contributed by atoms with Gasteiger partial charge in [0.05, 0.1) is 12.2 Å². The lowest BCUT2D eigenvalue weighted by Gasteiger charge is -2.39. The molecule has 0 bridgehead atoms. The zero-order valence-corrected chi connectivity index (χ0v) is 22.3. The Hall–Kier alpha value is -3.43. The first-order valence-corrected chi connectivity index (χ1v) is 13.3. The van der Waals surface area contributed by atoms with E-state index < -0.39 is 12.1 Å². The van der Waals surface area contributed by atoms with Crippen molar-refractivity contribution in [2.75, 3.05) is 13.1 Å². The zero-order chi connectivity index (χ0) is 28.6. The summed E-state index contributed by atoms with van der Waals surface area (Å²) in [6.07, 6.45) is 4.37. The number of piperidine rings is 1. The summed E-state index contributed by atoms with van der Waals surface area (Å²) in [5, 5.41) is 10.0. The third-order valence-corrected chi connectivity index (χ3v) is 7.64. The Balaban J connectivity index is 0.000000532. The fraction of sp³-hybridized carbons (Fsp3) is 0.517. The number of halogens is 3. The van der Waals surface area contributed by atoms with Crippen LogP contribution >= 0.6 is 0 Å². The van der Waals surface area contributed by atoms with Crippen molar-refractivity contribution in [3.8, 4) is 0 Å². The highest BCUT2D eigenvalue weighted by Gasteiger charge is 2.38. The molecule has 1 aliphatic carbocycles. The number of nitrogens with one attached hydrogen (secondary N) is 1. The Kier molecular flexibility index (Phi) is 10.5. The Bertz CT molecular complexity index is 1130. The standard InChI is InChI=1S/C27H35N3O2.C2HF3O2/c1-19-5-3-7-24(17-19)21-12-15-30(16-13-21)27(32)23-10-8-22(9-11-23)26(31)29-18-25-20(2)6-4-14-28-25;3-2(4,5)1(6)7/h4,6,8-11,14,19,21,24H,3,5,7,12-13,15-18H2,1-2H3,(H,29,31);(H,6,7). The molecule has 212 valence electrons. The molecule has 7 nitrogen and oxygen atoms in total. The van der Waals surface area contributed by atoms with Gasteiger partial charge in [-0.25, -0.2) is 4.79 Å². The molecule has 2 amide bonds. The van der Waals surface area contributed by atoms with Crippen LogP contribution in [0.2, 0.25) is 0 Å². The molecule has 0 spiro atoms. The maximum atomic E-state index is 13.0. The second-order valence-electron chi connectivity index (χ2n) is 10.5. The van der Waals surface area contributed by atoms with Gasteiger partial charge in [-0.3, -0.25) is 14.6 Å². The minimum Gasteiger partial charge on any atom is -0.475 e. The van der Waals surface area contributed by atoms with Gasteiger partial charge in [0.25, 0.3) is 11.8 Å². The highest BCUT2D eigenvalue weighted by molar-refractivity contribution is 5.97. The molecule has 39 heavy (non-hydrogen) atoms. The van der Waals surface area contributed by atoms with Gasteiger partial charge < -0.3 is 15.3 Å². The number of aryl methyl sites for hydroxylation is 1. The van der Waals surface area contributed by atoms with E-state index >= 15 is 0 Å². The number of carbonyl (C=O) groups is 3. The van der Waals surface area contributed by atoms with Crippen molar-refractivity contribution in [2.24, 2.45) is 17.8 Å². The van der Waals surface area contributed by atoms with Gasteiger partial charge >= 0.3 is 12.1 Å². The van der Waals surface area contributed by atoms with Gasteiger partial charge in [-0.2, -0.15) is 13.2 Å². The summed E-state index contributed by atoms with van der Waals surface area (Å²) < 4.78 is 31.7. The van der Waals surface area contributed by atoms with Crippen molar-refractivity contribution in [1.29, 1.82) is 0 Å². The summed E-state index contributed by atoms with van der Waals surface area (Å²) in [6.45, 7) is 6.45. The Morgan fingerprint density at radius 3 is 2.18 bits per heavy atom. The number of alkyl halides is 3. The van der Waals surface area contributed by atoms with Gasteiger partial charge in [-0.1, -0.05) is 32.3 Å². The Morgan fingerprint density at radius 2 is 1.62 bits per heavy atom. The number of amides is 2. The maximum Gasteiger partial charge on any atom is 0.490 e. The van der Waals surface area contributed by atoms with Crippen LogP contribution in [0.4, 0.5) is 13.2 Å². The summed E-state index contributed by atoms with van der Waals surface area (Å²) in [7, 11) is 0. The molecule has 4 rings (SSSR count). The third-order valence-electron chi connectivity index (χ3n) is 7.64. The first-order chi connectivity index (χ1) is 18.5. The summed E-state index contributed by atoms with van der Waals surface area (Å²) in [6, 6.07) is 10.9. The average Bonchev–Trinajstić information content (AvgIpc) is 2.92. The van der Waals surface area contributed by atoms with E-state index in [1.54, 1.807) is 30.5 Å². The molecular weight excluding hydrogens is 511 g/mol. The van der Waals surface area contributed by atoms with Crippen molar-refractivity contribution in [1.82, 2.24) is 15.2 Å². The molecule has 1 aliphatic heterocycles. The van der Waals surface area contributed by atoms with Gasteiger partial charge in [0, 0.05) is 30.4 Å². The molecule has 1 saturated heterocycles. The number of rotatable bonds is 5. The number of carbonyl (C=O) groups excluding carboxylic acids is 2. The third kappa shape index (κ3) is 8.80. The smallest absolute Gasteiger partial charge is 0.475 e. The SMILES string of the molecule is Cc1cccnc1CNC(=O)c1ccc(C(=O)N2CCC(C3CCCC(C)C3)CC2)cc1.O=C(O)C(F)(F)F. The average molecular weight is 548 g/mol. The van der Waals surface area contributed by atoms with Crippen LogP contribution in [0.25, 0.3) is 0 Å². The first kappa shape index (κ1) is 30.1. The van der Waals surface area contributed by atoms with Crippen molar-refractivity contribution in [3.63, 3.8) is 0 Å². The molecule has 1 saturated carbocycles. The molecule has 2 heterocycles. The lowest BCUT2D eigenvalue weighted by atomic mass is 9.72. The van der Waals surface area contributed by atoms with E-state index in [1.165, 1.54) is 25.7 Å². The number of nitrogens with zero attached hydrogens (tertiary/aromatic N) is 2. The van der Waals surface area contributed by atoms with Crippen LogP contribution in [0.3, 0.4) is 0 Å². The molecule has 1 aromatic carbocycles. The quantitative estimate of drug-likeness (QED) is 0.505. The topological polar surface area (TPSA) is 99.6 Å². The number of likely N-dealkylation sites (tertiary alicyclic amines) is 1. The van der Waals surface area contributed by atoms with Gasteiger partial charge in [-0.05, 0) is 79.8 Å². The second-order valence-corrected chi connectivity index (χ2v) is 10.5. The van der Waals surface area contributed by atoms with Gasteiger partial charge in [0.1, 0.15) is 0 Å². The largest absolute Gasteiger partial charge is 0.490 e. The zero-order valence-electron chi connectivity index (χ0n) is 22.3. The van der Waals surface area contributed by atoms with E-state index in [0.29, 0.717) is 17.7 Å². The first-order valence-electron chi connectivity index (χ1n) is 13.3. The van der Waals surface area contributed by atoms with Crippen LogP contribution in [0.1, 0.15) is 77.4 Å². The fourth-order valence-corrected chi connectivity index (χ4v) is 5.40. The fourth-order valence-electron chi connectivity index (χ4n) is 5.40. The number of aliphatic carboxylic acids is 1. The van der Waals surface area contributed by atoms with E-state index in [2.05, 4.69) is 17.2 Å². The van der Waals surface area contributed by atoms with Crippen molar-refractivity contribution < 1.29 is 32.7 Å². The van der Waals surface area contributed by atoms with Crippen molar-refractivity contribution in [3.05, 3.63) is 65.0 Å². The number of carboxylic acid groups (broad SMARTS) is 1. The summed E-state index contributed by atoms with van der Waals surface area (Å²) in [4.78, 5) is 40.7. The molecule has 2 atom stereocenters. The van der Waals surface area contributed by atoms with E-state index in [0.717, 1.165) is 54.9 Å². The molecular formula is C29H36F3N3O4. The monoisotopic (exact) mass is 547 g/mol. The van der Waals surface area contributed by atoms with Gasteiger partial charge in [0.2, 0.25) is 0 Å². The molecule has 2 unspecified atom stereocenters. The van der Waals surface area contributed by atoms with E-state index in [9.17, 15) is 22.8 Å². The molecule has 2 aromatic rings. The second kappa shape index (κ2) is 13.6. The van der Waals surface area contributed by atoms with Crippen LogP contribution in [-0.2, 0) is 11.3 Å². The van der Waals surface area contributed by atoms with E-state index in [1.807, 2.05) is 24.0 Å². The molecule has 10 heteroatoms. The normalized spacial score (nSPS) is 20.0. The van der Waals surface area contributed by atoms with Crippen LogP contribution in [0, 0.1) is 24.7 Å². The minimum atomic E-state index is -5.08. The van der Waals surface area contributed by atoms with E-state index in [4.69, 9.17) is 9.90 Å². The molecule has 2 fully saturated rings. The maximum absolute atomic E-state index is 13.0. The summed E-state index contributed by atoms with van der Waals surface area (Å²) >= 11 is 0. The molecule has 0 radical (unpaired) electrons. The highest BCUT2D eigenvalue weighted by Crippen LogP contribution is 2.38. The summed E-state index contributed by atoms with van der Waals surface area (Å²) in [5.74, 6) is -0.350. The Labute approximate surface area is 226 Å². The van der Waals surface area contributed by atoms with Crippen molar-refractivity contribution >= 4 is 17.8 Å². The number of pyridine rings is 1.